The van der Waals surface area contributed by atoms with Crippen LogP contribution < -0.4 is 0 Å². The van der Waals surface area contributed by atoms with Gasteiger partial charge in [-0.1, -0.05) is 72.8 Å². The summed E-state index contributed by atoms with van der Waals surface area (Å²) in [6.45, 7) is 0. The van der Waals surface area contributed by atoms with Crippen LogP contribution in [0.15, 0.2) is 141 Å². The van der Waals surface area contributed by atoms with Crippen LogP contribution in [0.25, 0.3) is 0 Å². The minimum atomic E-state index is -5.84. The minimum absolute atomic E-state index is 1.36. The van der Waals surface area contributed by atoms with Crippen LogP contribution in [-0.4, -0.2) is 18.5 Å². The Morgan fingerprint density at radius 2 is 0.667 bits per heavy atom. The van der Waals surface area contributed by atoms with E-state index in [1.54, 1.807) is 0 Å². The Morgan fingerprint density at radius 1 is 0.485 bits per heavy atom. The summed E-state index contributed by atoms with van der Waals surface area (Å²) in [5.74, 6) is 0. The Kier molecular flexibility index (Phi) is 7.63. The van der Waals surface area contributed by atoms with Crippen molar-refractivity contribution in [2.75, 3.05) is 0 Å². The zero-order valence-corrected chi connectivity index (χ0v) is 18.9. The number of benzene rings is 4. The van der Waals surface area contributed by atoms with Crippen molar-refractivity contribution < 1.29 is 26.1 Å². The van der Waals surface area contributed by atoms with Crippen LogP contribution in [0.2, 0.25) is 0 Å². The summed E-state index contributed by atoms with van der Waals surface area (Å²) in [7, 11) is -7.35. The zero-order valence-electron chi connectivity index (χ0n) is 17.3. The number of halogens is 3. The molecule has 0 aliphatic carbocycles. The Hall–Kier alpha value is -3.07. The van der Waals surface area contributed by atoms with E-state index in [1.165, 1.54) is 19.6 Å². The molecule has 0 saturated heterocycles. The maximum Gasteiger partial charge on any atom is 0.522 e. The molecule has 0 aliphatic heterocycles. The van der Waals surface area contributed by atoms with Crippen LogP contribution >= 0.6 is 10.0 Å². The van der Waals surface area contributed by atoms with Crippen molar-refractivity contribution in [2.45, 2.75) is 25.1 Å². The molecule has 4 rings (SSSR count). The van der Waals surface area contributed by atoms with E-state index in [9.17, 15) is 13.2 Å². The van der Waals surface area contributed by atoms with Crippen LogP contribution in [0, 0.1) is 0 Å². The van der Waals surface area contributed by atoms with Crippen molar-refractivity contribution in [3.8, 4) is 0 Å². The van der Waals surface area contributed by atoms with Gasteiger partial charge in [-0.25, -0.2) is 0 Å². The maximum absolute atomic E-state index is 10.7. The standard InChI is InChI=1S/C24H20S.CHF3O3S/c1-5-13-21(14-6-1)25(22-15-7-2-8-16-22,23-17-9-3-10-18-23)24-19-11-4-12-20-24;2-1(3,4)8(5,6)7/h1-20H;(H,5,6,7). The predicted molar refractivity (Wildman–Crippen MR) is 124 cm³/mol. The van der Waals surface area contributed by atoms with E-state index in [1.807, 2.05) is 0 Å². The largest absolute Gasteiger partial charge is 0.522 e. The van der Waals surface area contributed by atoms with E-state index in [0.29, 0.717) is 0 Å². The van der Waals surface area contributed by atoms with Crippen molar-refractivity contribution in [1.29, 1.82) is 0 Å². The van der Waals surface area contributed by atoms with Crippen LogP contribution in [0.4, 0.5) is 13.2 Å². The maximum atomic E-state index is 10.7. The summed E-state index contributed by atoms with van der Waals surface area (Å²) in [6, 6.07) is 43.7. The van der Waals surface area contributed by atoms with Gasteiger partial charge >= 0.3 is 15.6 Å². The molecular formula is C25H21F3O3S2. The summed E-state index contributed by atoms with van der Waals surface area (Å²) in [6.07, 6.45) is 0. The van der Waals surface area contributed by atoms with Gasteiger partial charge in [0, 0.05) is 19.6 Å². The van der Waals surface area contributed by atoms with Crippen molar-refractivity contribution in [3.63, 3.8) is 0 Å². The highest BCUT2D eigenvalue weighted by Crippen LogP contribution is 2.73. The van der Waals surface area contributed by atoms with E-state index < -0.39 is 25.7 Å². The SMILES string of the molecule is O=S(=O)(O)C(F)(F)F.c1ccc(S(c2ccccc2)(c2ccccc2)c2ccccc2)cc1. The Balaban J connectivity index is 0.000000331. The van der Waals surface area contributed by atoms with Crippen molar-refractivity contribution in [1.82, 2.24) is 0 Å². The monoisotopic (exact) mass is 490 g/mol. The third kappa shape index (κ3) is 5.47. The highest BCUT2D eigenvalue weighted by molar-refractivity contribution is 8.34. The topological polar surface area (TPSA) is 54.4 Å². The molecule has 0 unspecified atom stereocenters. The lowest BCUT2D eigenvalue weighted by Crippen LogP contribution is -2.21. The van der Waals surface area contributed by atoms with Crippen LogP contribution in [0.1, 0.15) is 0 Å². The molecule has 0 saturated carbocycles. The number of hydrogen-bond donors (Lipinski definition) is 1. The van der Waals surface area contributed by atoms with Crippen molar-refractivity contribution in [2.24, 2.45) is 0 Å². The summed E-state index contributed by atoms with van der Waals surface area (Å²) in [5, 5.41) is 0. The average molecular weight is 491 g/mol. The van der Waals surface area contributed by atoms with Gasteiger partial charge in [0.15, 0.2) is 0 Å². The summed E-state index contributed by atoms with van der Waals surface area (Å²) < 4.78 is 57.5. The molecule has 0 radical (unpaired) electrons. The predicted octanol–water partition coefficient (Wildman–Crippen LogP) is 7.42. The summed E-state index contributed by atoms with van der Waals surface area (Å²) in [4.78, 5) is 5.44. The molecule has 4 aromatic rings. The van der Waals surface area contributed by atoms with E-state index in [0.717, 1.165) is 0 Å². The van der Waals surface area contributed by atoms with Crippen molar-refractivity contribution >= 4 is 20.1 Å². The fourth-order valence-electron chi connectivity index (χ4n) is 3.31. The molecule has 0 amide bonds. The van der Waals surface area contributed by atoms with Gasteiger partial charge in [0.1, 0.15) is 0 Å². The minimum Gasteiger partial charge on any atom is -0.279 e. The molecule has 0 aromatic heterocycles. The Labute approximate surface area is 192 Å². The first kappa shape index (κ1) is 24.6. The van der Waals surface area contributed by atoms with Gasteiger partial charge in [-0.05, 0) is 48.5 Å². The fourth-order valence-corrected chi connectivity index (χ4v) is 7.21. The number of hydrogen-bond acceptors (Lipinski definition) is 2. The molecule has 8 heteroatoms. The molecule has 0 atom stereocenters. The first-order valence-corrected chi connectivity index (χ1v) is 12.8. The molecule has 4 aromatic carbocycles. The zero-order chi connectivity index (χ0) is 24.0. The molecule has 0 fully saturated rings. The molecule has 0 spiro atoms. The molecule has 172 valence electrons. The van der Waals surface area contributed by atoms with E-state index in [2.05, 4.69) is 121 Å². The second-order valence-corrected chi connectivity index (χ2v) is 11.3. The lowest BCUT2D eigenvalue weighted by Gasteiger charge is -2.42. The first-order chi connectivity index (χ1) is 15.7. The Bertz CT molecular complexity index is 1080. The number of rotatable bonds is 4. The normalized spacial score (nSPS) is 12.4. The van der Waals surface area contributed by atoms with Gasteiger partial charge < -0.3 is 0 Å². The second kappa shape index (κ2) is 10.2. The molecule has 0 heterocycles. The smallest absolute Gasteiger partial charge is 0.279 e. The van der Waals surface area contributed by atoms with Crippen molar-refractivity contribution in [3.05, 3.63) is 121 Å². The van der Waals surface area contributed by atoms with Gasteiger partial charge in [0.25, 0.3) is 0 Å². The highest BCUT2D eigenvalue weighted by Gasteiger charge is 2.44. The average Bonchev–Trinajstić information content (AvgIpc) is 2.82. The number of alkyl halides is 3. The molecule has 1 N–H and O–H groups in total. The van der Waals surface area contributed by atoms with Gasteiger partial charge in [-0.3, -0.25) is 4.55 Å². The van der Waals surface area contributed by atoms with Crippen LogP contribution in [-0.2, 0) is 10.1 Å². The second-order valence-electron chi connectivity index (χ2n) is 6.79. The van der Waals surface area contributed by atoms with E-state index >= 15 is 0 Å². The molecule has 33 heavy (non-hydrogen) atoms. The summed E-state index contributed by atoms with van der Waals surface area (Å²) in [5.41, 5.74) is -5.53. The third-order valence-corrected chi connectivity index (χ3v) is 9.18. The lowest BCUT2D eigenvalue weighted by molar-refractivity contribution is -0.0510. The third-order valence-electron chi connectivity index (χ3n) is 4.68. The summed E-state index contributed by atoms with van der Waals surface area (Å²) >= 11 is 0. The molecule has 0 bridgehead atoms. The molecule has 0 aliphatic rings. The lowest BCUT2D eigenvalue weighted by atomic mass is 10.3. The van der Waals surface area contributed by atoms with Gasteiger partial charge in [0.05, 0.1) is 0 Å². The molecular weight excluding hydrogens is 469 g/mol. The first-order valence-electron chi connectivity index (χ1n) is 9.75. The highest BCUT2D eigenvalue weighted by atomic mass is 32.3. The Morgan fingerprint density at radius 3 is 0.818 bits per heavy atom. The molecule has 3 nitrogen and oxygen atoms in total. The quantitative estimate of drug-likeness (QED) is 0.239. The van der Waals surface area contributed by atoms with E-state index in [4.69, 9.17) is 13.0 Å². The van der Waals surface area contributed by atoms with Gasteiger partial charge in [-0.15, -0.1) is 10.0 Å². The fraction of sp³-hybridized carbons (Fsp3) is 0.0400. The van der Waals surface area contributed by atoms with E-state index in [-0.39, 0.29) is 0 Å². The van der Waals surface area contributed by atoms with Gasteiger partial charge in [-0.2, -0.15) is 21.6 Å². The van der Waals surface area contributed by atoms with Crippen LogP contribution in [0.3, 0.4) is 0 Å². The van der Waals surface area contributed by atoms with Gasteiger partial charge in [0.2, 0.25) is 0 Å². The van der Waals surface area contributed by atoms with Crippen LogP contribution in [0.5, 0.6) is 0 Å².